The molecular formula is C14H23Cl2N3O. The summed E-state index contributed by atoms with van der Waals surface area (Å²) in [4.78, 5) is 13.7. The lowest BCUT2D eigenvalue weighted by Crippen LogP contribution is -2.39. The normalized spacial score (nSPS) is 15.8. The summed E-state index contributed by atoms with van der Waals surface area (Å²) in [7, 11) is 0. The Morgan fingerprint density at radius 1 is 1.20 bits per heavy atom. The molecule has 1 amide bonds. The number of hydrogen-bond acceptors (Lipinski definition) is 3. The smallest absolute Gasteiger partial charge is 0.233 e. The lowest BCUT2D eigenvalue weighted by Gasteiger charge is -2.28. The van der Waals surface area contributed by atoms with Gasteiger partial charge in [0.15, 0.2) is 0 Å². The minimum Gasteiger partial charge on any atom is -0.353 e. The Morgan fingerprint density at radius 3 is 2.35 bits per heavy atom. The van der Waals surface area contributed by atoms with E-state index in [-0.39, 0.29) is 43.3 Å². The first kappa shape index (κ1) is 19.2. The van der Waals surface area contributed by atoms with E-state index in [0.717, 1.165) is 13.1 Å². The third kappa shape index (κ3) is 5.29. The summed E-state index contributed by atoms with van der Waals surface area (Å²) in [5.41, 5.74) is 6.59. The van der Waals surface area contributed by atoms with Crippen LogP contribution >= 0.6 is 24.8 Å². The van der Waals surface area contributed by atoms with Crippen molar-refractivity contribution in [3.63, 3.8) is 0 Å². The van der Waals surface area contributed by atoms with Crippen LogP contribution in [0.5, 0.6) is 0 Å². The number of nitrogens with one attached hydrogen (secondary N) is 1. The fraction of sp³-hybridized carbons (Fsp3) is 0.500. The fourth-order valence-corrected chi connectivity index (χ4v) is 2.47. The molecule has 0 spiro atoms. The van der Waals surface area contributed by atoms with E-state index in [9.17, 15) is 4.79 Å². The number of amides is 1. The number of nitrogens with zero attached hydrogens (tertiary/aromatic N) is 1. The van der Waals surface area contributed by atoms with Crippen LogP contribution in [0.4, 0.5) is 0 Å². The molecule has 1 atom stereocenters. The van der Waals surface area contributed by atoms with Crippen LogP contribution in [0.3, 0.4) is 0 Å². The van der Waals surface area contributed by atoms with Gasteiger partial charge in [-0.15, -0.1) is 24.8 Å². The molecule has 0 aromatic heterocycles. The standard InChI is InChI=1S/C14H21N3O.2ClH/c15-10-14(18)16-11-13(17-8-4-5-9-17)12-6-2-1-3-7-12;;/h1-3,6-7,13H,4-5,8-11,15H2,(H,16,18);2*1H. The zero-order valence-corrected chi connectivity index (χ0v) is 13.1. The molecule has 1 heterocycles. The first-order chi connectivity index (χ1) is 8.81. The zero-order valence-electron chi connectivity index (χ0n) is 11.5. The van der Waals surface area contributed by atoms with Crippen LogP contribution in [0.1, 0.15) is 24.4 Å². The molecule has 1 aromatic rings. The number of rotatable bonds is 5. The van der Waals surface area contributed by atoms with Gasteiger partial charge in [0.05, 0.1) is 12.6 Å². The highest BCUT2D eigenvalue weighted by atomic mass is 35.5. The Hall–Kier alpha value is -0.810. The summed E-state index contributed by atoms with van der Waals surface area (Å²) in [5.74, 6) is -0.0878. The number of benzene rings is 1. The van der Waals surface area contributed by atoms with Crippen molar-refractivity contribution in [2.45, 2.75) is 18.9 Å². The molecule has 20 heavy (non-hydrogen) atoms. The summed E-state index contributed by atoms with van der Waals surface area (Å²) >= 11 is 0. The predicted octanol–water partition coefficient (Wildman–Crippen LogP) is 1.74. The van der Waals surface area contributed by atoms with Crippen molar-refractivity contribution in [1.82, 2.24) is 10.2 Å². The van der Waals surface area contributed by atoms with Gasteiger partial charge in [-0.25, -0.2) is 0 Å². The molecule has 1 unspecified atom stereocenters. The molecule has 1 aromatic carbocycles. The van der Waals surface area contributed by atoms with Crippen molar-refractivity contribution in [2.24, 2.45) is 5.73 Å². The van der Waals surface area contributed by atoms with Gasteiger partial charge in [-0.05, 0) is 31.5 Å². The Labute approximate surface area is 132 Å². The number of likely N-dealkylation sites (tertiary alicyclic amines) is 1. The molecule has 1 aliphatic rings. The number of carbonyl (C=O) groups is 1. The summed E-state index contributed by atoms with van der Waals surface area (Å²) in [6.45, 7) is 2.91. The maximum atomic E-state index is 11.3. The predicted molar refractivity (Wildman–Crippen MR) is 86.6 cm³/mol. The average molecular weight is 320 g/mol. The Morgan fingerprint density at radius 2 is 1.80 bits per heavy atom. The SMILES string of the molecule is Cl.Cl.NCC(=O)NCC(c1ccccc1)N1CCCC1. The fourth-order valence-electron chi connectivity index (χ4n) is 2.47. The third-order valence-electron chi connectivity index (χ3n) is 3.44. The summed E-state index contributed by atoms with van der Waals surface area (Å²) in [5, 5.41) is 2.90. The molecule has 1 saturated heterocycles. The second-order valence-corrected chi connectivity index (χ2v) is 4.68. The molecule has 0 radical (unpaired) electrons. The van der Waals surface area contributed by atoms with E-state index in [1.165, 1.54) is 18.4 Å². The van der Waals surface area contributed by atoms with E-state index in [2.05, 4.69) is 22.3 Å². The Bertz CT molecular complexity index is 383. The first-order valence-electron chi connectivity index (χ1n) is 6.57. The second-order valence-electron chi connectivity index (χ2n) is 4.68. The van der Waals surface area contributed by atoms with E-state index in [0.29, 0.717) is 6.54 Å². The Kier molecular flexibility index (Phi) is 9.59. The highest BCUT2D eigenvalue weighted by Gasteiger charge is 2.23. The van der Waals surface area contributed by atoms with E-state index in [1.54, 1.807) is 0 Å². The van der Waals surface area contributed by atoms with Gasteiger partial charge < -0.3 is 11.1 Å². The minimum absolute atomic E-state index is 0. The van der Waals surface area contributed by atoms with Gasteiger partial charge in [0, 0.05) is 6.54 Å². The molecule has 1 fully saturated rings. The molecule has 0 bridgehead atoms. The number of halogens is 2. The van der Waals surface area contributed by atoms with Crippen molar-refractivity contribution in [1.29, 1.82) is 0 Å². The Balaban J connectivity index is 0.00000180. The van der Waals surface area contributed by atoms with E-state index >= 15 is 0 Å². The van der Waals surface area contributed by atoms with Gasteiger partial charge in [0.25, 0.3) is 0 Å². The molecule has 2 rings (SSSR count). The van der Waals surface area contributed by atoms with Gasteiger partial charge in [0.2, 0.25) is 5.91 Å². The summed E-state index contributed by atoms with van der Waals surface area (Å²) in [6.07, 6.45) is 2.49. The molecule has 0 saturated carbocycles. The maximum absolute atomic E-state index is 11.3. The molecule has 6 heteroatoms. The van der Waals surface area contributed by atoms with Gasteiger partial charge in [-0.1, -0.05) is 30.3 Å². The van der Waals surface area contributed by atoms with E-state index in [4.69, 9.17) is 5.73 Å². The second kappa shape index (κ2) is 10.00. The monoisotopic (exact) mass is 319 g/mol. The lowest BCUT2D eigenvalue weighted by molar-refractivity contribution is -0.119. The van der Waals surface area contributed by atoms with Crippen LogP contribution in [-0.2, 0) is 4.79 Å². The highest BCUT2D eigenvalue weighted by Crippen LogP contribution is 2.24. The minimum atomic E-state index is -0.0878. The van der Waals surface area contributed by atoms with Crippen LogP contribution in [0.2, 0.25) is 0 Å². The zero-order chi connectivity index (χ0) is 12.8. The van der Waals surface area contributed by atoms with Crippen LogP contribution < -0.4 is 11.1 Å². The van der Waals surface area contributed by atoms with Crippen molar-refractivity contribution in [3.8, 4) is 0 Å². The van der Waals surface area contributed by atoms with Crippen molar-refractivity contribution in [3.05, 3.63) is 35.9 Å². The van der Waals surface area contributed by atoms with E-state index in [1.807, 2.05) is 18.2 Å². The molecule has 3 N–H and O–H groups in total. The summed E-state index contributed by atoms with van der Waals surface area (Å²) < 4.78 is 0. The van der Waals surface area contributed by atoms with Crippen LogP contribution in [-0.4, -0.2) is 37.0 Å². The molecular weight excluding hydrogens is 297 g/mol. The number of hydrogen-bond donors (Lipinski definition) is 2. The molecule has 0 aliphatic carbocycles. The van der Waals surface area contributed by atoms with Gasteiger partial charge in [-0.2, -0.15) is 0 Å². The average Bonchev–Trinajstić information content (AvgIpc) is 2.94. The van der Waals surface area contributed by atoms with Crippen LogP contribution in [0.25, 0.3) is 0 Å². The quantitative estimate of drug-likeness (QED) is 0.869. The van der Waals surface area contributed by atoms with Crippen molar-refractivity contribution < 1.29 is 4.79 Å². The summed E-state index contributed by atoms with van der Waals surface area (Å²) in [6, 6.07) is 10.6. The van der Waals surface area contributed by atoms with Crippen LogP contribution in [0.15, 0.2) is 30.3 Å². The maximum Gasteiger partial charge on any atom is 0.233 e. The molecule has 114 valence electrons. The number of carbonyl (C=O) groups excluding carboxylic acids is 1. The number of nitrogens with two attached hydrogens (primary N) is 1. The van der Waals surface area contributed by atoms with Crippen LogP contribution in [0, 0.1) is 0 Å². The van der Waals surface area contributed by atoms with Gasteiger partial charge in [-0.3, -0.25) is 9.69 Å². The topological polar surface area (TPSA) is 58.4 Å². The first-order valence-corrected chi connectivity index (χ1v) is 6.57. The highest BCUT2D eigenvalue weighted by molar-refractivity contribution is 5.85. The largest absolute Gasteiger partial charge is 0.353 e. The van der Waals surface area contributed by atoms with Crippen molar-refractivity contribution >= 4 is 30.7 Å². The lowest BCUT2D eigenvalue weighted by atomic mass is 10.1. The molecule has 1 aliphatic heterocycles. The van der Waals surface area contributed by atoms with Crippen molar-refractivity contribution in [2.75, 3.05) is 26.2 Å². The third-order valence-corrected chi connectivity index (χ3v) is 3.44. The van der Waals surface area contributed by atoms with E-state index < -0.39 is 0 Å². The van der Waals surface area contributed by atoms with Gasteiger partial charge >= 0.3 is 0 Å². The van der Waals surface area contributed by atoms with Gasteiger partial charge in [0.1, 0.15) is 0 Å². The molecule has 4 nitrogen and oxygen atoms in total.